The molecule has 0 radical (unpaired) electrons. The molecule has 1 aliphatic rings. The molecular formula is C18H18BrF3N2. The summed E-state index contributed by atoms with van der Waals surface area (Å²) in [5, 5.41) is 0. The summed E-state index contributed by atoms with van der Waals surface area (Å²) in [5.74, 6) is 0. The van der Waals surface area contributed by atoms with Crippen LogP contribution in [0.15, 0.2) is 46.9 Å². The van der Waals surface area contributed by atoms with Crippen molar-refractivity contribution >= 4 is 21.6 Å². The van der Waals surface area contributed by atoms with E-state index in [1.165, 1.54) is 6.07 Å². The van der Waals surface area contributed by atoms with Crippen LogP contribution in [0.25, 0.3) is 0 Å². The van der Waals surface area contributed by atoms with E-state index in [1.54, 1.807) is 12.1 Å². The molecule has 2 aromatic rings. The van der Waals surface area contributed by atoms with Crippen molar-refractivity contribution in [1.29, 1.82) is 0 Å². The zero-order valence-corrected chi connectivity index (χ0v) is 14.9. The van der Waals surface area contributed by atoms with Crippen molar-refractivity contribution in [3.05, 3.63) is 63.6 Å². The summed E-state index contributed by atoms with van der Waals surface area (Å²) in [6, 6.07) is 11.8. The summed E-state index contributed by atoms with van der Waals surface area (Å²) < 4.78 is 40.6. The number of fused-ring (bicyclic) bond motifs is 1. The number of anilines is 1. The third kappa shape index (κ3) is 3.44. The lowest BCUT2D eigenvalue weighted by atomic mass is 10.0. The SMILES string of the molecule is CCN1CN(Cc2ccccc2C(F)(F)F)Cc2c(Br)cccc21. The molecule has 0 amide bonds. The minimum Gasteiger partial charge on any atom is -0.358 e. The molecule has 2 aromatic carbocycles. The Hall–Kier alpha value is -1.53. The third-order valence-electron chi connectivity index (χ3n) is 4.29. The highest BCUT2D eigenvalue weighted by Gasteiger charge is 2.34. The number of nitrogens with zero attached hydrogens (tertiary/aromatic N) is 2. The molecule has 0 spiro atoms. The first-order valence-corrected chi connectivity index (χ1v) is 8.59. The van der Waals surface area contributed by atoms with Crippen LogP contribution in [0, 0.1) is 0 Å². The summed E-state index contributed by atoms with van der Waals surface area (Å²) in [7, 11) is 0. The van der Waals surface area contributed by atoms with Crippen LogP contribution >= 0.6 is 15.9 Å². The second-order valence-electron chi connectivity index (χ2n) is 5.88. The Morgan fingerprint density at radius 1 is 1.08 bits per heavy atom. The van der Waals surface area contributed by atoms with Crippen LogP contribution in [0.3, 0.4) is 0 Å². The number of rotatable bonds is 3. The lowest BCUT2D eigenvalue weighted by Crippen LogP contribution is -2.42. The van der Waals surface area contributed by atoms with Gasteiger partial charge >= 0.3 is 6.18 Å². The normalized spacial score (nSPS) is 15.5. The van der Waals surface area contributed by atoms with Crippen molar-refractivity contribution in [3.8, 4) is 0 Å². The van der Waals surface area contributed by atoms with E-state index < -0.39 is 11.7 Å². The van der Waals surface area contributed by atoms with E-state index in [-0.39, 0.29) is 6.54 Å². The standard InChI is InChI=1S/C18H18BrF3N2/c1-2-24-12-23(11-14-16(19)8-5-9-17(14)24)10-13-6-3-4-7-15(13)18(20,21)22/h3-9H,2,10-12H2,1H3. The van der Waals surface area contributed by atoms with E-state index in [4.69, 9.17) is 0 Å². The molecule has 1 aliphatic heterocycles. The molecule has 24 heavy (non-hydrogen) atoms. The fourth-order valence-electron chi connectivity index (χ4n) is 3.14. The summed E-state index contributed by atoms with van der Waals surface area (Å²) in [6.45, 7) is 4.37. The predicted molar refractivity (Wildman–Crippen MR) is 92.7 cm³/mol. The average molecular weight is 399 g/mol. The number of benzene rings is 2. The van der Waals surface area contributed by atoms with Gasteiger partial charge in [-0.1, -0.05) is 40.2 Å². The van der Waals surface area contributed by atoms with Gasteiger partial charge in [0.05, 0.1) is 12.2 Å². The number of alkyl halides is 3. The number of hydrogen-bond acceptors (Lipinski definition) is 2. The van der Waals surface area contributed by atoms with E-state index >= 15 is 0 Å². The zero-order valence-electron chi connectivity index (χ0n) is 13.3. The maximum atomic E-state index is 13.2. The molecule has 0 bridgehead atoms. The summed E-state index contributed by atoms with van der Waals surface area (Å²) in [4.78, 5) is 4.22. The molecule has 0 saturated heterocycles. The number of halogens is 4. The molecule has 0 aliphatic carbocycles. The van der Waals surface area contributed by atoms with Crippen LogP contribution in [-0.2, 0) is 19.3 Å². The maximum absolute atomic E-state index is 13.2. The van der Waals surface area contributed by atoms with Gasteiger partial charge in [-0.2, -0.15) is 13.2 Å². The predicted octanol–water partition coefficient (Wildman–Crippen LogP) is 5.27. The minimum absolute atomic E-state index is 0.271. The first-order chi connectivity index (χ1) is 11.4. The van der Waals surface area contributed by atoms with Crippen molar-refractivity contribution in [3.63, 3.8) is 0 Å². The van der Waals surface area contributed by atoms with Crippen LogP contribution in [0.1, 0.15) is 23.6 Å². The van der Waals surface area contributed by atoms with Crippen LogP contribution in [0.4, 0.5) is 18.9 Å². The quantitative estimate of drug-likeness (QED) is 0.694. The van der Waals surface area contributed by atoms with Gasteiger partial charge in [0, 0.05) is 35.4 Å². The van der Waals surface area contributed by atoms with E-state index in [0.717, 1.165) is 28.3 Å². The molecule has 0 atom stereocenters. The van der Waals surface area contributed by atoms with Crippen molar-refractivity contribution in [2.24, 2.45) is 0 Å². The Morgan fingerprint density at radius 3 is 2.54 bits per heavy atom. The maximum Gasteiger partial charge on any atom is 0.416 e. The fourth-order valence-corrected chi connectivity index (χ4v) is 3.62. The Bertz CT molecular complexity index is 730. The molecule has 0 fully saturated rings. The van der Waals surface area contributed by atoms with Gasteiger partial charge in [0.25, 0.3) is 0 Å². The topological polar surface area (TPSA) is 6.48 Å². The first-order valence-electron chi connectivity index (χ1n) is 7.80. The Kier molecular flexibility index (Phi) is 4.88. The first kappa shape index (κ1) is 17.3. The van der Waals surface area contributed by atoms with Crippen LogP contribution in [0.5, 0.6) is 0 Å². The zero-order chi connectivity index (χ0) is 17.3. The van der Waals surface area contributed by atoms with Gasteiger partial charge < -0.3 is 4.90 Å². The van der Waals surface area contributed by atoms with Crippen LogP contribution in [-0.4, -0.2) is 18.1 Å². The van der Waals surface area contributed by atoms with E-state index in [2.05, 4.69) is 33.8 Å². The summed E-state index contributed by atoms with van der Waals surface area (Å²) in [6.07, 6.45) is -4.32. The highest BCUT2D eigenvalue weighted by Crippen LogP contribution is 2.35. The largest absolute Gasteiger partial charge is 0.416 e. The molecule has 0 aromatic heterocycles. The number of hydrogen-bond donors (Lipinski definition) is 0. The van der Waals surface area contributed by atoms with E-state index in [0.29, 0.717) is 18.8 Å². The monoisotopic (exact) mass is 398 g/mol. The van der Waals surface area contributed by atoms with Crippen LogP contribution < -0.4 is 4.90 Å². The van der Waals surface area contributed by atoms with E-state index in [9.17, 15) is 13.2 Å². The van der Waals surface area contributed by atoms with Crippen molar-refractivity contribution in [2.45, 2.75) is 26.2 Å². The molecule has 3 rings (SSSR count). The lowest BCUT2D eigenvalue weighted by Gasteiger charge is -2.38. The van der Waals surface area contributed by atoms with Gasteiger partial charge in [0.15, 0.2) is 0 Å². The fraction of sp³-hybridized carbons (Fsp3) is 0.333. The Morgan fingerprint density at radius 2 is 1.83 bits per heavy atom. The van der Waals surface area contributed by atoms with Gasteiger partial charge in [-0.15, -0.1) is 0 Å². The van der Waals surface area contributed by atoms with E-state index in [1.807, 2.05) is 17.0 Å². The molecule has 1 heterocycles. The second-order valence-corrected chi connectivity index (χ2v) is 6.73. The second kappa shape index (κ2) is 6.76. The van der Waals surface area contributed by atoms with Crippen molar-refractivity contribution in [1.82, 2.24) is 4.90 Å². The van der Waals surface area contributed by atoms with Gasteiger partial charge in [-0.25, -0.2) is 0 Å². The summed E-state index contributed by atoms with van der Waals surface area (Å²) >= 11 is 3.56. The van der Waals surface area contributed by atoms with Gasteiger partial charge in [-0.05, 0) is 30.7 Å². The average Bonchev–Trinajstić information content (AvgIpc) is 2.54. The van der Waals surface area contributed by atoms with Gasteiger partial charge in [0.2, 0.25) is 0 Å². The molecule has 128 valence electrons. The van der Waals surface area contributed by atoms with Gasteiger partial charge in [0.1, 0.15) is 0 Å². The molecule has 6 heteroatoms. The Labute approximate surface area is 148 Å². The van der Waals surface area contributed by atoms with Crippen molar-refractivity contribution in [2.75, 3.05) is 18.1 Å². The molecule has 2 nitrogen and oxygen atoms in total. The smallest absolute Gasteiger partial charge is 0.358 e. The van der Waals surface area contributed by atoms with Crippen molar-refractivity contribution < 1.29 is 13.2 Å². The highest BCUT2D eigenvalue weighted by molar-refractivity contribution is 9.10. The highest BCUT2D eigenvalue weighted by atomic mass is 79.9. The molecular weight excluding hydrogens is 381 g/mol. The molecule has 0 saturated carbocycles. The van der Waals surface area contributed by atoms with Crippen LogP contribution in [0.2, 0.25) is 0 Å². The van der Waals surface area contributed by atoms with Gasteiger partial charge in [-0.3, -0.25) is 4.90 Å². The summed E-state index contributed by atoms with van der Waals surface area (Å²) in [5.41, 5.74) is 2.03. The lowest BCUT2D eigenvalue weighted by molar-refractivity contribution is -0.138. The third-order valence-corrected chi connectivity index (χ3v) is 5.03. The molecule has 0 unspecified atom stereocenters. The minimum atomic E-state index is -4.32. The molecule has 0 N–H and O–H groups in total. The Balaban J connectivity index is 1.89.